The maximum absolute atomic E-state index is 12.4. The minimum Gasteiger partial charge on any atom is -0.329 e. The highest BCUT2D eigenvalue weighted by Crippen LogP contribution is 2.13. The Morgan fingerprint density at radius 2 is 1.88 bits per heavy atom. The summed E-state index contributed by atoms with van der Waals surface area (Å²) in [4.78, 5) is 41.0. The highest BCUT2D eigenvalue weighted by atomic mass is 16.2. The summed E-state index contributed by atoms with van der Waals surface area (Å²) in [6, 6.07) is 13.8. The van der Waals surface area contributed by atoms with Crippen molar-refractivity contribution in [2.24, 2.45) is 0 Å². The van der Waals surface area contributed by atoms with E-state index in [0.29, 0.717) is 5.56 Å². The van der Waals surface area contributed by atoms with E-state index in [1.54, 1.807) is 35.3 Å². The molecule has 3 aromatic rings. The zero-order valence-corrected chi connectivity index (χ0v) is 13.7. The van der Waals surface area contributed by atoms with Gasteiger partial charge in [0.25, 0.3) is 5.91 Å². The lowest BCUT2D eigenvalue weighted by Crippen LogP contribution is -2.30. The number of imide groups is 1. The number of benzene rings is 2. The maximum Gasteiger partial charge on any atom is 0.324 e. The standard InChI is InChI=1S/C18H15N5O3/c24-16-9-19-18(26)22(16)10-12-5-7-13(8-6-12)17(25)21-23-11-20-14-3-1-2-4-15(14)23/h1-8,11H,9-10H2,(H,19,26)(H,21,25). The zero-order chi connectivity index (χ0) is 18.1. The Morgan fingerprint density at radius 3 is 2.62 bits per heavy atom. The first-order valence-electron chi connectivity index (χ1n) is 8.02. The largest absolute Gasteiger partial charge is 0.329 e. The van der Waals surface area contributed by atoms with Crippen LogP contribution >= 0.6 is 0 Å². The summed E-state index contributed by atoms with van der Waals surface area (Å²) in [6.07, 6.45) is 1.55. The maximum atomic E-state index is 12.4. The number of amides is 4. The Labute approximate surface area is 148 Å². The first-order chi connectivity index (χ1) is 12.6. The van der Waals surface area contributed by atoms with Crippen molar-refractivity contribution in [2.45, 2.75) is 6.54 Å². The van der Waals surface area contributed by atoms with Crippen LogP contribution in [0.3, 0.4) is 0 Å². The van der Waals surface area contributed by atoms with E-state index >= 15 is 0 Å². The second kappa shape index (κ2) is 6.32. The summed E-state index contributed by atoms with van der Waals surface area (Å²) >= 11 is 0. The van der Waals surface area contributed by atoms with E-state index in [0.717, 1.165) is 21.5 Å². The summed E-state index contributed by atoms with van der Waals surface area (Å²) in [7, 11) is 0. The molecule has 8 heteroatoms. The number of fused-ring (bicyclic) bond motifs is 1. The van der Waals surface area contributed by atoms with E-state index in [-0.39, 0.29) is 24.9 Å². The number of aromatic nitrogens is 2. The van der Waals surface area contributed by atoms with Gasteiger partial charge in [0, 0.05) is 5.56 Å². The van der Waals surface area contributed by atoms with Gasteiger partial charge in [0.15, 0.2) is 0 Å². The Balaban J connectivity index is 1.47. The van der Waals surface area contributed by atoms with Crippen LogP contribution in [0.1, 0.15) is 15.9 Å². The third kappa shape index (κ3) is 2.88. The Hall–Kier alpha value is -3.68. The Morgan fingerprint density at radius 1 is 1.12 bits per heavy atom. The fourth-order valence-corrected chi connectivity index (χ4v) is 2.78. The van der Waals surface area contributed by atoms with Gasteiger partial charge in [-0.3, -0.25) is 19.9 Å². The van der Waals surface area contributed by atoms with Gasteiger partial charge in [-0.2, -0.15) is 0 Å². The van der Waals surface area contributed by atoms with Gasteiger partial charge in [0.05, 0.1) is 24.1 Å². The second-order valence-electron chi connectivity index (χ2n) is 5.88. The summed E-state index contributed by atoms with van der Waals surface area (Å²) < 4.78 is 1.57. The molecule has 0 bridgehead atoms. The fraction of sp³-hybridized carbons (Fsp3) is 0.111. The SMILES string of the molecule is O=C(Nn1cnc2ccccc21)c1ccc(CN2C(=O)CNC2=O)cc1. The molecule has 1 saturated heterocycles. The van der Waals surface area contributed by atoms with Gasteiger partial charge >= 0.3 is 6.03 Å². The van der Waals surface area contributed by atoms with Crippen LogP contribution in [0.4, 0.5) is 4.79 Å². The predicted octanol–water partition coefficient (Wildman–Crippen LogP) is 1.47. The fourth-order valence-electron chi connectivity index (χ4n) is 2.78. The third-order valence-electron chi connectivity index (χ3n) is 4.17. The molecule has 0 spiro atoms. The summed E-state index contributed by atoms with van der Waals surface area (Å²) in [5.41, 5.74) is 5.59. The molecule has 130 valence electrons. The number of nitrogens with one attached hydrogen (secondary N) is 2. The molecular formula is C18H15N5O3. The minimum absolute atomic E-state index is 0.0260. The van der Waals surface area contributed by atoms with E-state index in [1.807, 2.05) is 24.3 Å². The quantitative estimate of drug-likeness (QED) is 0.697. The number of imidazole rings is 1. The normalized spacial score (nSPS) is 13.9. The lowest BCUT2D eigenvalue weighted by atomic mass is 10.1. The molecule has 2 aromatic carbocycles. The van der Waals surface area contributed by atoms with Crippen LogP contribution in [0.25, 0.3) is 11.0 Å². The molecule has 1 fully saturated rings. The van der Waals surface area contributed by atoms with Crippen LogP contribution in [0, 0.1) is 0 Å². The van der Waals surface area contributed by atoms with Crippen molar-refractivity contribution in [3.8, 4) is 0 Å². The van der Waals surface area contributed by atoms with Crippen molar-refractivity contribution in [2.75, 3.05) is 12.0 Å². The van der Waals surface area contributed by atoms with Crippen molar-refractivity contribution in [1.82, 2.24) is 19.9 Å². The molecule has 1 aromatic heterocycles. The predicted molar refractivity (Wildman–Crippen MR) is 93.8 cm³/mol. The van der Waals surface area contributed by atoms with Gasteiger partial charge < -0.3 is 5.32 Å². The van der Waals surface area contributed by atoms with E-state index < -0.39 is 6.03 Å². The van der Waals surface area contributed by atoms with Crippen LogP contribution in [0.5, 0.6) is 0 Å². The molecular weight excluding hydrogens is 334 g/mol. The number of hydrogen-bond donors (Lipinski definition) is 2. The molecule has 2 heterocycles. The topological polar surface area (TPSA) is 96.3 Å². The number of carbonyl (C=O) groups is 3. The molecule has 4 amide bonds. The molecule has 0 radical (unpaired) electrons. The molecule has 0 aliphatic carbocycles. The minimum atomic E-state index is -0.399. The van der Waals surface area contributed by atoms with Gasteiger partial charge in [0.1, 0.15) is 6.33 Å². The average Bonchev–Trinajstić information content (AvgIpc) is 3.21. The molecule has 0 atom stereocenters. The third-order valence-corrected chi connectivity index (χ3v) is 4.17. The van der Waals surface area contributed by atoms with E-state index in [4.69, 9.17) is 0 Å². The summed E-state index contributed by atoms with van der Waals surface area (Å²) in [5.74, 6) is -0.543. The number of urea groups is 1. The van der Waals surface area contributed by atoms with Crippen molar-refractivity contribution in [3.05, 3.63) is 66.0 Å². The lowest BCUT2D eigenvalue weighted by molar-refractivity contribution is -0.125. The molecule has 0 unspecified atom stereocenters. The average molecular weight is 349 g/mol. The molecule has 2 N–H and O–H groups in total. The van der Waals surface area contributed by atoms with Crippen molar-refractivity contribution < 1.29 is 14.4 Å². The van der Waals surface area contributed by atoms with E-state index in [1.165, 1.54) is 0 Å². The molecule has 1 aliphatic heterocycles. The van der Waals surface area contributed by atoms with E-state index in [9.17, 15) is 14.4 Å². The molecule has 0 saturated carbocycles. The first kappa shape index (κ1) is 15.8. The van der Waals surface area contributed by atoms with Crippen molar-refractivity contribution >= 4 is 28.9 Å². The first-order valence-corrected chi connectivity index (χ1v) is 8.02. The molecule has 26 heavy (non-hydrogen) atoms. The molecule has 1 aliphatic rings. The van der Waals surface area contributed by atoms with Gasteiger partial charge in [-0.25, -0.2) is 14.5 Å². The molecule has 8 nitrogen and oxygen atoms in total. The monoisotopic (exact) mass is 349 g/mol. The van der Waals surface area contributed by atoms with Crippen molar-refractivity contribution in [1.29, 1.82) is 0 Å². The van der Waals surface area contributed by atoms with Gasteiger partial charge in [-0.05, 0) is 29.8 Å². The Bertz CT molecular complexity index is 993. The summed E-state index contributed by atoms with van der Waals surface area (Å²) in [5, 5.41) is 2.47. The lowest BCUT2D eigenvalue weighted by Gasteiger charge is -2.12. The van der Waals surface area contributed by atoms with Crippen molar-refractivity contribution in [3.63, 3.8) is 0 Å². The van der Waals surface area contributed by atoms with Gasteiger partial charge in [-0.1, -0.05) is 24.3 Å². The number of carbonyl (C=O) groups excluding carboxylic acids is 3. The van der Waals surface area contributed by atoms with Crippen LogP contribution < -0.4 is 10.7 Å². The molecule has 4 rings (SSSR count). The van der Waals surface area contributed by atoms with Crippen LogP contribution in [0.15, 0.2) is 54.9 Å². The number of para-hydroxylation sites is 2. The van der Waals surface area contributed by atoms with Crippen LogP contribution in [-0.2, 0) is 11.3 Å². The van der Waals surface area contributed by atoms with Gasteiger partial charge in [-0.15, -0.1) is 0 Å². The van der Waals surface area contributed by atoms with Gasteiger partial charge in [0.2, 0.25) is 5.91 Å². The number of hydrogen-bond acceptors (Lipinski definition) is 4. The highest BCUT2D eigenvalue weighted by Gasteiger charge is 2.28. The Kier molecular flexibility index (Phi) is 3.85. The smallest absolute Gasteiger partial charge is 0.324 e. The number of rotatable bonds is 4. The van der Waals surface area contributed by atoms with E-state index in [2.05, 4.69) is 15.7 Å². The zero-order valence-electron chi connectivity index (χ0n) is 13.7. The number of nitrogens with zero attached hydrogens (tertiary/aromatic N) is 3. The van der Waals surface area contributed by atoms with Crippen LogP contribution in [-0.4, -0.2) is 39.0 Å². The summed E-state index contributed by atoms with van der Waals surface area (Å²) in [6.45, 7) is 0.205. The second-order valence-corrected chi connectivity index (χ2v) is 5.88. The van der Waals surface area contributed by atoms with Crippen LogP contribution in [0.2, 0.25) is 0 Å². The highest BCUT2D eigenvalue weighted by molar-refractivity contribution is 6.02.